The predicted octanol–water partition coefficient (Wildman–Crippen LogP) is 2.00. The van der Waals surface area contributed by atoms with Crippen molar-refractivity contribution in [3.8, 4) is 0 Å². The SMILES string of the molecule is COC(=O)Cc1ccc(C)cc1S. The lowest BCUT2D eigenvalue weighted by atomic mass is 10.1. The van der Waals surface area contributed by atoms with Crippen LogP contribution in [-0.4, -0.2) is 13.1 Å². The number of carbonyl (C=O) groups is 1. The summed E-state index contributed by atoms with van der Waals surface area (Å²) in [4.78, 5) is 11.8. The lowest BCUT2D eigenvalue weighted by Gasteiger charge is -2.04. The first-order valence-corrected chi connectivity index (χ1v) is 4.43. The number of carbonyl (C=O) groups excluding carboxylic acids is 1. The van der Waals surface area contributed by atoms with Crippen LogP contribution in [0.25, 0.3) is 0 Å². The van der Waals surface area contributed by atoms with Crippen LogP contribution in [0.5, 0.6) is 0 Å². The van der Waals surface area contributed by atoms with Crippen molar-refractivity contribution in [2.45, 2.75) is 18.2 Å². The molecule has 0 unspecified atom stereocenters. The molecule has 0 aliphatic carbocycles. The Morgan fingerprint density at radius 3 is 2.77 bits per heavy atom. The standard InChI is InChI=1S/C10H12O2S/c1-7-3-4-8(9(13)5-7)6-10(11)12-2/h3-5,13H,6H2,1-2H3. The van der Waals surface area contributed by atoms with E-state index in [9.17, 15) is 4.79 Å². The average molecular weight is 196 g/mol. The Morgan fingerprint density at radius 1 is 1.54 bits per heavy atom. The molecule has 0 aliphatic heterocycles. The zero-order valence-corrected chi connectivity index (χ0v) is 8.60. The third-order valence-corrected chi connectivity index (χ3v) is 2.22. The van der Waals surface area contributed by atoms with E-state index < -0.39 is 0 Å². The summed E-state index contributed by atoms with van der Waals surface area (Å²) in [5.74, 6) is -0.237. The molecule has 13 heavy (non-hydrogen) atoms. The molecule has 0 aliphatic rings. The second-order valence-electron chi connectivity index (χ2n) is 2.89. The number of rotatable bonds is 2. The maximum Gasteiger partial charge on any atom is 0.310 e. The van der Waals surface area contributed by atoms with Crippen molar-refractivity contribution in [1.82, 2.24) is 0 Å². The molecule has 1 aromatic rings. The van der Waals surface area contributed by atoms with Crippen molar-refractivity contribution < 1.29 is 9.53 Å². The lowest BCUT2D eigenvalue weighted by Crippen LogP contribution is -2.05. The molecule has 0 atom stereocenters. The van der Waals surface area contributed by atoms with Gasteiger partial charge in [0, 0.05) is 4.90 Å². The number of methoxy groups -OCH3 is 1. The summed E-state index contributed by atoms with van der Waals surface area (Å²) < 4.78 is 4.57. The van der Waals surface area contributed by atoms with Crippen molar-refractivity contribution in [1.29, 1.82) is 0 Å². The molecule has 0 radical (unpaired) electrons. The minimum Gasteiger partial charge on any atom is -0.469 e. The molecule has 0 heterocycles. The zero-order chi connectivity index (χ0) is 9.84. The molecular weight excluding hydrogens is 184 g/mol. The minimum atomic E-state index is -0.237. The Labute approximate surface area is 83.3 Å². The molecule has 70 valence electrons. The highest BCUT2D eigenvalue weighted by atomic mass is 32.1. The summed E-state index contributed by atoms with van der Waals surface area (Å²) in [5.41, 5.74) is 2.04. The van der Waals surface area contributed by atoms with E-state index in [0.29, 0.717) is 0 Å². The second-order valence-corrected chi connectivity index (χ2v) is 3.37. The third-order valence-electron chi connectivity index (χ3n) is 1.80. The van der Waals surface area contributed by atoms with Gasteiger partial charge in [0.15, 0.2) is 0 Å². The van der Waals surface area contributed by atoms with E-state index in [1.165, 1.54) is 7.11 Å². The largest absolute Gasteiger partial charge is 0.469 e. The van der Waals surface area contributed by atoms with E-state index in [1.54, 1.807) is 0 Å². The first-order chi connectivity index (χ1) is 6.13. The monoisotopic (exact) mass is 196 g/mol. The molecule has 3 heteroatoms. The van der Waals surface area contributed by atoms with Gasteiger partial charge in [0.2, 0.25) is 0 Å². The highest BCUT2D eigenvalue weighted by Crippen LogP contribution is 2.16. The van der Waals surface area contributed by atoms with Crippen molar-refractivity contribution in [2.24, 2.45) is 0 Å². The zero-order valence-electron chi connectivity index (χ0n) is 7.70. The Bertz CT molecular complexity index is 321. The van der Waals surface area contributed by atoms with E-state index in [-0.39, 0.29) is 12.4 Å². The fourth-order valence-electron chi connectivity index (χ4n) is 1.05. The Morgan fingerprint density at radius 2 is 2.23 bits per heavy atom. The fraction of sp³-hybridized carbons (Fsp3) is 0.300. The molecule has 1 aromatic carbocycles. The highest BCUT2D eigenvalue weighted by molar-refractivity contribution is 7.80. The summed E-state index contributed by atoms with van der Waals surface area (Å²) in [6, 6.07) is 5.79. The summed E-state index contributed by atoms with van der Waals surface area (Å²) in [5, 5.41) is 0. The van der Waals surface area contributed by atoms with Gasteiger partial charge in [-0.15, -0.1) is 12.6 Å². The normalized spacial score (nSPS) is 9.77. The first-order valence-electron chi connectivity index (χ1n) is 3.99. The Kier molecular flexibility index (Phi) is 3.37. The molecule has 0 saturated carbocycles. The molecule has 0 spiro atoms. The third kappa shape index (κ3) is 2.77. The molecule has 0 bridgehead atoms. The van der Waals surface area contributed by atoms with Gasteiger partial charge in [0.1, 0.15) is 0 Å². The summed E-state index contributed by atoms with van der Waals surface area (Å²) >= 11 is 4.27. The van der Waals surface area contributed by atoms with Gasteiger partial charge in [-0.1, -0.05) is 17.7 Å². The lowest BCUT2D eigenvalue weighted by molar-refractivity contribution is -0.139. The van der Waals surface area contributed by atoms with Gasteiger partial charge in [0.25, 0.3) is 0 Å². The van der Waals surface area contributed by atoms with Crippen LogP contribution in [0.2, 0.25) is 0 Å². The number of benzene rings is 1. The maximum absolute atomic E-state index is 11.0. The minimum absolute atomic E-state index is 0.237. The molecule has 0 aromatic heterocycles. The van der Waals surface area contributed by atoms with Crippen LogP contribution >= 0.6 is 12.6 Å². The van der Waals surface area contributed by atoms with E-state index in [1.807, 2.05) is 25.1 Å². The van der Waals surface area contributed by atoms with Crippen molar-refractivity contribution in [3.63, 3.8) is 0 Å². The number of esters is 1. The Balaban J connectivity index is 2.83. The number of thiol groups is 1. The molecule has 2 nitrogen and oxygen atoms in total. The van der Waals surface area contributed by atoms with Crippen LogP contribution < -0.4 is 0 Å². The highest BCUT2D eigenvalue weighted by Gasteiger charge is 2.05. The number of aryl methyl sites for hydroxylation is 1. The smallest absolute Gasteiger partial charge is 0.310 e. The van der Waals surface area contributed by atoms with Crippen molar-refractivity contribution >= 4 is 18.6 Å². The van der Waals surface area contributed by atoms with Crippen LogP contribution in [-0.2, 0) is 16.0 Å². The van der Waals surface area contributed by atoms with Gasteiger partial charge < -0.3 is 4.74 Å². The summed E-state index contributed by atoms with van der Waals surface area (Å²) in [6.45, 7) is 1.99. The van der Waals surface area contributed by atoms with Crippen LogP contribution in [0.4, 0.5) is 0 Å². The van der Waals surface area contributed by atoms with E-state index >= 15 is 0 Å². The first kappa shape index (κ1) is 10.1. The van der Waals surface area contributed by atoms with Crippen LogP contribution in [0, 0.1) is 6.92 Å². The fourth-order valence-corrected chi connectivity index (χ4v) is 1.41. The number of hydrogen-bond donors (Lipinski definition) is 1. The molecule has 1 rings (SSSR count). The molecular formula is C10H12O2S. The van der Waals surface area contributed by atoms with Gasteiger partial charge in [-0.25, -0.2) is 0 Å². The quantitative estimate of drug-likeness (QED) is 0.578. The predicted molar refractivity (Wildman–Crippen MR) is 54.2 cm³/mol. The van der Waals surface area contributed by atoms with Gasteiger partial charge in [-0.3, -0.25) is 4.79 Å². The van der Waals surface area contributed by atoms with E-state index in [2.05, 4.69) is 17.4 Å². The summed E-state index contributed by atoms with van der Waals surface area (Å²) in [7, 11) is 1.38. The number of ether oxygens (including phenoxy) is 1. The van der Waals surface area contributed by atoms with Gasteiger partial charge in [-0.2, -0.15) is 0 Å². The Hall–Kier alpha value is -0.960. The molecule has 0 amide bonds. The molecule has 0 fully saturated rings. The van der Waals surface area contributed by atoms with Crippen LogP contribution in [0.15, 0.2) is 23.1 Å². The number of hydrogen-bond acceptors (Lipinski definition) is 3. The topological polar surface area (TPSA) is 26.3 Å². The van der Waals surface area contributed by atoms with Gasteiger partial charge >= 0.3 is 5.97 Å². The summed E-state index contributed by atoms with van der Waals surface area (Å²) in [6.07, 6.45) is 0.287. The van der Waals surface area contributed by atoms with E-state index in [0.717, 1.165) is 16.0 Å². The van der Waals surface area contributed by atoms with Crippen molar-refractivity contribution in [2.75, 3.05) is 7.11 Å². The molecule has 0 saturated heterocycles. The van der Waals surface area contributed by atoms with Crippen molar-refractivity contribution in [3.05, 3.63) is 29.3 Å². The van der Waals surface area contributed by atoms with Crippen LogP contribution in [0.3, 0.4) is 0 Å². The average Bonchev–Trinajstić information content (AvgIpc) is 2.09. The second kappa shape index (κ2) is 4.33. The molecule has 0 N–H and O–H groups in total. The van der Waals surface area contributed by atoms with Gasteiger partial charge in [-0.05, 0) is 18.6 Å². The maximum atomic E-state index is 11.0. The van der Waals surface area contributed by atoms with Gasteiger partial charge in [0.05, 0.1) is 13.5 Å². The van der Waals surface area contributed by atoms with E-state index in [4.69, 9.17) is 0 Å². The van der Waals surface area contributed by atoms with Crippen LogP contribution in [0.1, 0.15) is 11.1 Å².